The maximum absolute atomic E-state index is 12.4. The SMILES string of the molecule is COc1nc(C(F)F)cc(C#N)c1C(=O)Cl. The molecule has 4 nitrogen and oxygen atoms in total. The van der Waals surface area contributed by atoms with Crippen LogP contribution < -0.4 is 4.74 Å². The zero-order valence-corrected chi connectivity index (χ0v) is 8.76. The lowest BCUT2D eigenvalue weighted by Gasteiger charge is -2.08. The van der Waals surface area contributed by atoms with E-state index in [0.29, 0.717) is 0 Å². The first-order valence-electron chi connectivity index (χ1n) is 3.98. The van der Waals surface area contributed by atoms with Crippen molar-refractivity contribution >= 4 is 16.8 Å². The number of hydrogen-bond acceptors (Lipinski definition) is 4. The summed E-state index contributed by atoms with van der Waals surface area (Å²) in [6.07, 6.45) is -2.86. The quantitative estimate of drug-likeness (QED) is 0.768. The fraction of sp³-hybridized carbons (Fsp3) is 0.222. The van der Waals surface area contributed by atoms with Crippen molar-refractivity contribution in [1.82, 2.24) is 4.98 Å². The summed E-state index contributed by atoms with van der Waals surface area (Å²) >= 11 is 5.21. The van der Waals surface area contributed by atoms with Crippen molar-refractivity contribution in [3.63, 3.8) is 0 Å². The predicted molar refractivity (Wildman–Crippen MR) is 50.6 cm³/mol. The van der Waals surface area contributed by atoms with Crippen LogP contribution in [0.25, 0.3) is 0 Å². The highest BCUT2D eigenvalue weighted by Crippen LogP contribution is 2.27. The normalized spacial score (nSPS) is 10.0. The van der Waals surface area contributed by atoms with Gasteiger partial charge in [0.1, 0.15) is 17.3 Å². The molecule has 0 amide bonds. The number of ether oxygens (including phenoxy) is 1. The van der Waals surface area contributed by atoms with E-state index in [4.69, 9.17) is 16.9 Å². The number of carbonyl (C=O) groups excluding carboxylic acids is 1. The molecule has 0 saturated heterocycles. The first-order chi connectivity index (χ1) is 7.51. The Bertz CT molecular complexity index is 471. The smallest absolute Gasteiger partial charge is 0.280 e. The van der Waals surface area contributed by atoms with Crippen molar-refractivity contribution < 1.29 is 18.3 Å². The van der Waals surface area contributed by atoms with Crippen LogP contribution in [0.15, 0.2) is 6.07 Å². The van der Waals surface area contributed by atoms with Crippen molar-refractivity contribution in [2.45, 2.75) is 6.43 Å². The van der Waals surface area contributed by atoms with Crippen molar-refractivity contribution in [2.75, 3.05) is 7.11 Å². The first kappa shape index (κ1) is 12.3. The van der Waals surface area contributed by atoms with Crippen LogP contribution in [0.1, 0.15) is 28.0 Å². The molecule has 0 bridgehead atoms. The van der Waals surface area contributed by atoms with Gasteiger partial charge >= 0.3 is 0 Å². The number of rotatable bonds is 3. The van der Waals surface area contributed by atoms with E-state index in [2.05, 4.69) is 9.72 Å². The van der Waals surface area contributed by atoms with E-state index >= 15 is 0 Å². The Balaban J connectivity index is 3.51. The lowest BCUT2D eigenvalue weighted by molar-refractivity contribution is 0.107. The number of halogens is 3. The first-order valence-corrected chi connectivity index (χ1v) is 4.36. The van der Waals surface area contributed by atoms with Gasteiger partial charge in [-0.15, -0.1) is 0 Å². The summed E-state index contributed by atoms with van der Waals surface area (Å²) < 4.78 is 29.4. The molecule has 0 aliphatic carbocycles. The minimum Gasteiger partial charge on any atom is -0.480 e. The van der Waals surface area contributed by atoms with E-state index in [9.17, 15) is 13.6 Å². The molecule has 0 fully saturated rings. The molecule has 0 radical (unpaired) electrons. The molecule has 0 spiro atoms. The summed E-state index contributed by atoms with van der Waals surface area (Å²) in [5.74, 6) is -0.380. The molecule has 0 aliphatic rings. The average Bonchev–Trinajstić information content (AvgIpc) is 2.26. The Morgan fingerprint density at radius 3 is 2.69 bits per heavy atom. The largest absolute Gasteiger partial charge is 0.480 e. The van der Waals surface area contributed by atoms with Gasteiger partial charge in [-0.2, -0.15) is 5.26 Å². The molecule has 1 rings (SSSR count). The van der Waals surface area contributed by atoms with E-state index in [0.717, 1.165) is 13.2 Å². The van der Waals surface area contributed by atoms with Crippen LogP contribution in [-0.4, -0.2) is 17.3 Å². The summed E-state index contributed by atoms with van der Waals surface area (Å²) in [5.41, 5.74) is -1.24. The molecule has 0 saturated carbocycles. The molecule has 0 unspecified atom stereocenters. The van der Waals surface area contributed by atoms with Gasteiger partial charge in [0.2, 0.25) is 5.88 Å². The van der Waals surface area contributed by atoms with Crippen LogP contribution in [0.3, 0.4) is 0 Å². The molecule has 0 aromatic carbocycles. The van der Waals surface area contributed by atoms with E-state index in [1.807, 2.05) is 0 Å². The van der Waals surface area contributed by atoms with Gasteiger partial charge < -0.3 is 4.74 Å². The molecule has 16 heavy (non-hydrogen) atoms. The summed E-state index contributed by atoms with van der Waals surface area (Å²) in [7, 11) is 1.14. The standard InChI is InChI=1S/C9H5ClF2N2O2/c1-16-9-6(7(10)15)4(3-13)2-5(14-9)8(11)12/h2,8H,1H3. The number of carbonyl (C=O) groups is 1. The van der Waals surface area contributed by atoms with Gasteiger partial charge in [0.05, 0.1) is 12.7 Å². The van der Waals surface area contributed by atoms with Crippen molar-refractivity contribution in [3.05, 3.63) is 22.9 Å². The van der Waals surface area contributed by atoms with E-state index in [1.54, 1.807) is 6.07 Å². The van der Waals surface area contributed by atoms with Crippen molar-refractivity contribution in [3.8, 4) is 11.9 Å². The monoisotopic (exact) mass is 246 g/mol. The lowest BCUT2D eigenvalue weighted by Crippen LogP contribution is -2.05. The summed E-state index contributed by atoms with van der Waals surface area (Å²) in [4.78, 5) is 14.4. The predicted octanol–water partition coefficient (Wildman–Crippen LogP) is 2.28. The molecule has 1 aromatic rings. The fourth-order valence-corrected chi connectivity index (χ4v) is 1.26. The third-order valence-electron chi connectivity index (χ3n) is 1.74. The average molecular weight is 247 g/mol. The molecule has 1 aromatic heterocycles. The molecule has 1 heterocycles. The highest BCUT2D eigenvalue weighted by molar-refractivity contribution is 6.68. The van der Waals surface area contributed by atoms with Gasteiger partial charge in [-0.25, -0.2) is 13.8 Å². The number of alkyl halides is 2. The summed E-state index contributed by atoms with van der Waals surface area (Å²) in [6.45, 7) is 0. The fourth-order valence-electron chi connectivity index (χ4n) is 1.08. The number of nitrogens with zero attached hydrogens (tertiary/aromatic N) is 2. The summed E-state index contributed by atoms with van der Waals surface area (Å²) in [5, 5.41) is 7.72. The second-order valence-electron chi connectivity index (χ2n) is 2.67. The molecule has 7 heteroatoms. The number of nitriles is 1. The van der Waals surface area contributed by atoms with E-state index in [1.165, 1.54) is 0 Å². The number of methoxy groups -OCH3 is 1. The highest BCUT2D eigenvalue weighted by Gasteiger charge is 2.21. The third-order valence-corrected chi connectivity index (χ3v) is 1.93. The highest BCUT2D eigenvalue weighted by atomic mass is 35.5. The number of aromatic nitrogens is 1. The van der Waals surface area contributed by atoms with Gasteiger partial charge in [-0.05, 0) is 17.7 Å². The van der Waals surface area contributed by atoms with Crippen LogP contribution in [0.5, 0.6) is 5.88 Å². The Morgan fingerprint density at radius 1 is 1.69 bits per heavy atom. The van der Waals surface area contributed by atoms with Gasteiger partial charge in [-0.1, -0.05) is 0 Å². The van der Waals surface area contributed by atoms with Crippen molar-refractivity contribution in [1.29, 1.82) is 5.26 Å². The van der Waals surface area contributed by atoms with Crippen LogP contribution in [0.4, 0.5) is 8.78 Å². The van der Waals surface area contributed by atoms with Crippen LogP contribution >= 0.6 is 11.6 Å². The summed E-state index contributed by atoms with van der Waals surface area (Å²) in [6, 6.07) is 2.40. The molecule has 0 N–H and O–H groups in total. The number of pyridine rings is 1. The maximum Gasteiger partial charge on any atom is 0.280 e. The maximum atomic E-state index is 12.4. The molecule has 0 atom stereocenters. The number of hydrogen-bond donors (Lipinski definition) is 0. The van der Waals surface area contributed by atoms with E-state index < -0.39 is 17.4 Å². The van der Waals surface area contributed by atoms with Gasteiger partial charge in [0.15, 0.2) is 0 Å². The molecule has 84 valence electrons. The van der Waals surface area contributed by atoms with Crippen LogP contribution in [0, 0.1) is 11.3 Å². The molecule has 0 aliphatic heterocycles. The zero-order valence-electron chi connectivity index (χ0n) is 8.00. The van der Waals surface area contributed by atoms with Crippen molar-refractivity contribution in [2.24, 2.45) is 0 Å². The Labute approximate surface area is 94.4 Å². The topological polar surface area (TPSA) is 63.0 Å². The Kier molecular flexibility index (Phi) is 3.74. The van der Waals surface area contributed by atoms with Crippen LogP contribution in [-0.2, 0) is 0 Å². The Hall–Kier alpha value is -1.74. The van der Waals surface area contributed by atoms with Gasteiger partial charge in [0.25, 0.3) is 11.7 Å². The van der Waals surface area contributed by atoms with Crippen LogP contribution in [0.2, 0.25) is 0 Å². The van der Waals surface area contributed by atoms with Gasteiger partial charge in [0, 0.05) is 0 Å². The molecular formula is C9H5ClF2N2O2. The third kappa shape index (κ3) is 2.25. The minimum absolute atomic E-state index is 0.290. The lowest BCUT2D eigenvalue weighted by atomic mass is 10.1. The zero-order chi connectivity index (χ0) is 12.3. The molecular weight excluding hydrogens is 242 g/mol. The second kappa shape index (κ2) is 4.86. The minimum atomic E-state index is -2.86. The second-order valence-corrected chi connectivity index (χ2v) is 3.01. The van der Waals surface area contributed by atoms with Gasteiger partial charge in [-0.3, -0.25) is 4.79 Å². The van der Waals surface area contributed by atoms with E-state index in [-0.39, 0.29) is 17.0 Å². The Morgan fingerprint density at radius 2 is 2.31 bits per heavy atom.